The van der Waals surface area contributed by atoms with Crippen LogP contribution in [0.25, 0.3) is 0 Å². The molecule has 0 aliphatic carbocycles. The predicted molar refractivity (Wildman–Crippen MR) is 40.3 cm³/mol. The summed E-state index contributed by atoms with van der Waals surface area (Å²) in [6.07, 6.45) is 0. The molecule has 3 heteroatoms. The van der Waals surface area contributed by atoms with Gasteiger partial charge in [0.05, 0.1) is 0 Å². The van der Waals surface area contributed by atoms with Crippen molar-refractivity contribution in [3.63, 3.8) is 0 Å². The van der Waals surface area contributed by atoms with Crippen molar-refractivity contribution in [1.82, 2.24) is 0 Å². The first-order valence-electron chi connectivity index (χ1n) is 3.29. The maximum atomic E-state index is 10.5. The van der Waals surface area contributed by atoms with Crippen LogP contribution in [0, 0.1) is 0 Å². The standard InChI is InChI=1S/C8H9NO2/c1-6(10)11-8-4-2-7(9)3-5-8/h2-5H,9H2,1H3/p+1. The predicted octanol–water partition coefficient (Wildman–Crippen LogP) is 0.485. The van der Waals surface area contributed by atoms with Gasteiger partial charge >= 0.3 is 5.97 Å². The lowest BCUT2D eigenvalue weighted by Gasteiger charge is -1.98. The highest BCUT2D eigenvalue weighted by Gasteiger charge is 1.96. The van der Waals surface area contributed by atoms with E-state index in [0.29, 0.717) is 5.75 Å². The third-order valence-electron chi connectivity index (χ3n) is 1.18. The lowest BCUT2D eigenvalue weighted by molar-refractivity contribution is -0.254. The number of carbonyl (C=O) groups is 1. The normalized spacial score (nSPS) is 9.27. The Hall–Kier alpha value is -1.35. The van der Waals surface area contributed by atoms with Crippen molar-refractivity contribution < 1.29 is 15.3 Å². The molecule has 58 valence electrons. The third kappa shape index (κ3) is 2.39. The van der Waals surface area contributed by atoms with E-state index in [-0.39, 0.29) is 5.97 Å². The quantitative estimate of drug-likeness (QED) is 0.470. The molecule has 11 heavy (non-hydrogen) atoms. The molecule has 0 saturated carbocycles. The second-order valence-electron chi connectivity index (χ2n) is 2.24. The smallest absolute Gasteiger partial charge is 0.308 e. The molecule has 0 bridgehead atoms. The van der Waals surface area contributed by atoms with Gasteiger partial charge in [0.25, 0.3) is 0 Å². The Morgan fingerprint density at radius 1 is 1.36 bits per heavy atom. The third-order valence-corrected chi connectivity index (χ3v) is 1.18. The average molecular weight is 152 g/mol. The molecule has 0 atom stereocenters. The summed E-state index contributed by atoms with van der Waals surface area (Å²) < 4.78 is 4.80. The van der Waals surface area contributed by atoms with E-state index in [4.69, 9.17) is 4.74 Å². The van der Waals surface area contributed by atoms with Gasteiger partial charge in [-0.15, -0.1) is 0 Å². The van der Waals surface area contributed by atoms with Gasteiger partial charge in [-0.25, -0.2) is 0 Å². The van der Waals surface area contributed by atoms with Crippen molar-refractivity contribution in [3.05, 3.63) is 24.3 Å². The Morgan fingerprint density at radius 2 is 1.91 bits per heavy atom. The molecule has 0 radical (unpaired) electrons. The van der Waals surface area contributed by atoms with E-state index in [2.05, 4.69) is 5.73 Å². The molecule has 3 nitrogen and oxygen atoms in total. The highest BCUT2D eigenvalue weighted by molar-refractivity contribution is 5.69. The first kappa shape index (κ1) is 7.75. The first-order valence-corrected chi connectivity index (χ1v) is 3.29. The van der Waals surface area contributed by atoms with E-state index in [9.17, 15) is 4.79 Å². The first-order chi connectivity index (χ1) is 5.18. The molecule has 0 fully saturated rings. The summed E-state index contributed by atoms with van der Waals surface area (Å²) >= 11 is 0. The van der Waals surface area contributed by atoms with Crippen molar-refractivity contribution in [1.29, 1.82) is 0 Å². The zero-order valence-corrected chi connectivity index (χ0v) is 6.33. The number of esters is 1. The fraction of sp³-hybridized carbons (Fsp3) is 0.125. The van der Waals surface area contributed by atoms with Crippen LogP contribution in [-0.2, 0) is 4.79 Å². The van der Waals surface area contributed by atoms with Gasteiger partial charge in [0, 0.05) is 19.1 Å². The maximum absolute atomic E-state index is 10.5. The summed E-state index contributed by atoms with van der Waals surface area (Å²) in [5.74, 6) is 0.256. The van der Waals surface area contributed by atoms with Crippen molar-refractivity contribution in [2.24, 2.45) is 0 Å². The van der Waals surface area contributed by atoms with Crippen LogP contribution < -0.4 is 10.5 Å². The molecule has 1 aromatic rings. The summed E-state index contributed by atoms with van der Waals surface area (Å²) in [5.41, 5.74) is 4.60. The van der Waals surface area contributed by atoms with Crippen molar-refractivity contribution in [2.75, 3.05) is 0 Å². The van der Waals surface area contributed by atoms with Gasteiger partial charge in [0.2, 0.25) is 0 Å². The minimum Gasteiger partial charge on any atom is -0.427 e. The zero-order chi connectivity index (χ0) is 8.27. The molecule has 3 N–H and O–H groups in total. The molecular formula is C8H10NO2+. The molecule has 0 unspecified atom stereocenters. The lowest BCUT2D eigenvalue weighted by atomic mass is 10.3. The lowest BCUT2D eigenvalue weighted by Crippen LogP contribution is -2.39. The number of rotatable bonds is 1. The molecule has 0 saturated heterocycles. The molecule has 1 aromatic carbocycles. The van der Waals surface area contributed by atoms with E-state index >= 15 is 0 Å². The van der Waals surface area contributed by atoms with E-state index < -0.39 is 0 Å². The number of benzene rings is 1. The van der Waals surface area contributed by atoms with Gasteiger partial charge in [-0.05, 0) is 12.1 Å². The zero-order valence-electron chi connectivity index (χ0n) is 6.33. The number of quaternary nitrogens is 1. The summed E-state index contributed by atoms with van der Waals surface area (Å²) in [6, 6.07) is 7.00. The van der Waals surface area contributed by atoms with E-state index in [1.165, 1.54) is 6.92 Å². The Kier molecular flexibility index (Phi) is 2.23. The second-order valence-corrected chi connectivity index (χ2v) is 2.24. The van der Waals surface area contributed by atoms with E-state index in [0.717, 1.165) is 5.69 Å². The van der Waals surface area contributed by atoms with Crippen LogP contribution in [0.4, 0.5) is 5.69 Å². The van der Waals surface area contributed by atoms with Crippen LogP contribution >= 0.6 is 0 Å². The molecule has 0 aliphatic heterocycles. The Morgan fingerprint density at radius 3 is 2.36 bits per heavy atom. The SMILES string of the molecule is CC(=O)Oc1ccc([NH3+])cc1. The van der Waals surface area contributed by atoms with Gasteiger partial charge in [0.1, 0.15) is 11.4 Å². The van der Waals surface area contributed by atoms with E-state index in [1.54, 1.807) is 24.3 Å². The Bertz CT molecular complexity index is 253. The van der Waals surface area contributed by atoms with Crippen LogP contribution in [0.5, 0.6) is 5.75 Å². The topological polar surface area (TPSA) is 53.9 Å². The number of carbonyl (C=O) groups excluding carboxylic acids is 1. The van der Waals surface area contributed by atoms with Crippen LogP contribution in [0.1, 0.15) is 6.92 Å². The van der Waals surface area contributed by atoms with Crippen molar-refractivity contribution in [2.45, 2.75) is 6.92 Å². The van der Waals surface area contributed by atoms with Crippen LogP contribution in [0.3, 0.4) is 0 Å². The molecule has 0 heterocycles. The molecule has 0 aromatic heterocycles. The minimum atomic E-state index is -0.304. The number of hydrogen-bond donors (Lipinski definition) is 1. The van der Waals surface area contributed by atoms with Gasteiger partial charge in [0.15, 0.2) is 0 Å². The fourth-order valence-corrected chi connectivity index (χ4v) is 0.723. The van der Waals surface area contributed by atoms with Gasteiger partial charge in [-0.1, -0.05) is 0 Å². The summed E-state index contributed by atoms with van der Waals surface area (Å²) in [6.45, 7) is 1.37. The summed E-state index contributed by atoms with van der Waals surface area (Å²) in [5, 5.41) is 0. The van der Waals surface area contributed by atoms with Crippen molar-refractivity contribution in [3.8, 4) is 5.75 Å². The van der Waals surface area contributed by atoms with Gasteiger partial charge < -0.3 is 10.5 Å². The fourth-order valence-electron chi connectivity index (χ4n) is 0.723. The highest BCUT2D eigenvalue weighted by Crippen LogP contribution is 2.11. The largest absolute Gasteiger partial charge is 0.427 e. The van der Waals surface area contributed by atoms with Gasteiger partial charge in [-0.3, -0.25) is 4.79 Å². The van der Waals surface area contributed by atoms with Crippen molar-refractivity contribution >= 4 is 11.7 Å². The monoisotopic (exact) mass is 152 g/mol. The Balaban J connectivity index is 2.74. The summed E-state index contributed by atoms with van der Waals surface area (Å²) in [7, 11) is 0. The maximum Gasteiger partial charge on any atom is 0.308 e. The van der Waals surface area contributed by atoms with Gasteiger partial charge in [-0.2, -0.15) is 0 Å². The molecule has 0 spiro atoms. The number of ether oxygens (including phenoxy) is 1. The second kappa shape index (κ2) is 3.16. The minimum absolute atomic E-state index is 0.304. The Labute approximate surface area is 64.8 Å². The molecule has 1 rings (SSSR count). The highest BCUT2D eigenvalue weighted by atomic mass is 16.5. The van der Waals surface area contributed by atoms with Crippen LogP contribution in [0.2, 0.25) is 0 Å². The molecular weight excluding hydrogens is 142 g/mol. The van der Waals surface area contributed by atoms with Crippen LogP contribution in [0.15, 0.2) is 24.3 Å². The van der Waals surface area contributed by atoms with Crippen LogP contribution in [-0.4, -0.2) is 5.97 Å². The summed E-state index contributed by atoms with van der Waals surface area (Å²) in [4.78, 5) is 10.5. The molecule has 0 aliphatic rings. The van der Waals surface area contributed by atoms with E-state index in [1.807, 2.05) is 0 Å². The average Bonchev–Trinajstić information content (AvgIpc) is 1.93. The molecule has 0 amide bonds. The number of hydrogen-bond acceptors (Lipinski definition) is 2.